The van der Waals surface area contributed by atoms with Crippen molar-refractivity contribution in [1.82, 2.24) is 10.2 Å². The van der Waals surface area contributed by atoms with Gasteiger partial charge in [-0.1, -0.05) is 48.5 Å². The van der Waals surface area contributed by atoms with Gasteiger partial charge in [-0.05, 0) is 30.0 Å². The third-order valence-corrected chi connectivity index (χ3v) is 4.56. The molecule has 1 heterocycles. The summed E-state index contributed by atoms with van der Waals surface area (Å²) >= 11 is 0. The number of carbonyl (C=O) groups is 1. The zero-order valence-corrected chi connectivity index (χ0v) is 14.2. The molecule has 1 aliphatic heterocycles. The van der Waals surface area contributed by atoms with E-state index in [0.717, 1.165) is 31.6 Å². The van der Waals surface area contributed by atoms with Crippen molar-refractivity contribution in [2.24, 2.45) is 5.92 Å². The summed E-state index contributed by atoms with van der Waals surface area (Å²) in [5.41, 5.74) is 2.42. The Bertz CT molecular complexity index is 644. The highest BCUT2D eigenvalue weighted by Crippen LogP contribution is 2.22. The van der Waals surface area contributed by atoms with Crippen LogP contribution in [0.2, 0.25) is 0 Å². The molecule has 2 amide bonds. The normalized spacial score (nSPS) is 16.9. The van der Waals surface area contributed by atoms with E-state index in [9.17, 15) is 4.79 Å². The van der Waals surface area contributed by atoms with Crippen LogP contribution < -0.4 is 10.2 Å². The van der Waals surface area contributed by atoms with Gasteiger partial charge in [0, 0.05) is 38.9 Å². The maximum absolute atomic E-state index is 12.3. The fourth-order valence-electron chi connectivity index (χ4n) is 3.17. The largest absolute Gasteiger partial charge is 0.371 e. The second kappa shape index (κ2) is 7.86. The molecule has 0 saturated carbocycles. The van der Waals surface area contributed by atoms with E-state index in [0.29, 0.717) is 12.5 Å². The van der Waals surface area contributed by atoms with Crippen LogP contribution >= 0.6 is 0 Å². The van der Waals surface area contributed by atoms with Gasteiger partial charge in [0.2, 0.25) is 0 Å². The number of amides is 2. The molecule has 24 heavy (non-hydrogen) atoms. The number of hydrogen-bond donors (Lipinski definition) is 1. The number of benzene rings is 2. The highest BCUT2D eigenvalue weighted by molar-refractivity contribution is 5.73. The van der Waals surface area contributed by atoms with Crippen molar-refractivity contribution in [2.75, 3.05) is 31.6 Å². The van der Waals surface area contributed by atoms with Crippen LogP contribution in [0.3, 0.4) is 0 Å². The molecule has 1 fully saturated rings. The lowest BCUT2D eigenvalue weighted by Crippen LogP contribution is -2.39. The molecule has 0 spiro atoms. The molecule has 1 N–H and O–H groups in total. The van der Waals surface area contributed by atoms with Gasteiger partial charge >= 0.3 is 6.03 Å². The third kappa shape index (κ3) is 4.28. The lowest BCUT2D eigenvalue weighted by atomic mass is 10.1. The van der Waals surface area contributed by atoms with Crippen molar-refractivity contribution in [3.8, 4) is 0 Å². The minimum Gasteiger partial charge on any atom is -0.371 e. The predicted molar refractivity (Wildman–Crippen MR) is 98.1 cm³/mol. The average molecular weight is 323 g/mol. The Hall–Kier alpha value is -2.49. The van der Waals surface area contributed by atoms with Crippen LogP contribution in [-0.4, -0.2) is 37.6 Å². The average Bonchev–Trinajstić information content (AvgIpc) is 3.10. The zero-order valence-electron chi connectivity index (χ0n) is 14.2. The van der Waals surface area contributed by atoms with Crippen LogP contribution in [0.4, 0.5) is 10.5 Å². The van der Waals surface area contributed by atoms with Crippen LogP contribution in [0.25, 0.3) is 0 Å². The summed E-state index contributed by atoms with van der Waals surface area (Å²) in [6, 6.07) is 20.5. The van der Waals surface area contributed by atoms with E-state index in [2.05, 4.69) is 34.5 Å². The second-order valence-corrected chi connectivity index (χ2v) is 6.46. The van der Waals surface area contributed by atoms with Crippen molar-refractivity contribution in [1.29, 1.82) is 0 Å². The first kappa shape index (κ1) is 16.4. The van der Waals surface area contributed by atoms with E-state index in [1.807, 2.05) is 43.4 Å². The van der Waals surface area contributed by atoms with Crippen molar-refractivity contribution in [2.45, 2.75) is 13.0 Å². The van der Waals surface area contributed by atoms with Gasteiger partial charge in [0.05, 0.1) is 0 Å². The second-order valence-electron chi connectivity index (χ2n) is 6.46. The van der Waals surface area contributed by atoms with Gasteiger partial charge in [-0.15, -0.1) is 0 Å². The third-order valence-electron chi connectivity index (χ3n) is 4.56. The lowest BCUT2D eigenvalue weighted by molar-refractivity contribution is 0.205. The molecule has 2 aromatic rings. The zero-order chi connectivity index (χ0) is 16.8. The molecule has 0 aromatic heterocycles. The van der Waals surface area contributed by atoms with E-state index >= 15 is 0 Å². The van der Waals surface area contributed by atoms with Gasteiger partial charge in [-0.3, -0.25) is 0 Å². The molecule has 2 aromatic carbocycles. The van der Waals surface area contributed by atoms with Crippen LogP contribution in [0.15, 0.2) is 60.7 Å². The summed E-state index contributed by atoms with van der Waals surface area (Å²) in [6.45, 7) is 3.44. The first-order valence-corrected chi connectivity index (χ1v) is 8.55. The summed E-state index contributed by atoms with van der Waals surface area (Å²) in [4.78, 5) is 16.4. The molecule has 3 rings (SSSR count). The number of carbonyl (C=O) groups excluding carboxylic acids is 1. The van der Waals surface area contributed by atoms with Gasteiger partial charge in [0.15, 0.2) is 0 Å². The number of hydrogen-bond acceptors (Lipinski definition) is 2. The fraction of sp³-hybridized carbons (Fsp3) is 0.350. The van der Waals surface area contributed by atoms with Gasteiger partial charge in [0.25, 0.3) is 0 Å². The molecule has 0 radical (unpaired) electrons. The van der Waals surface area contributed by atoms with Crippen LogP contribution in [0, 0.1) is 5.92 Å². The molecule has 1 saturated heterocycles. The Morgan fingerprint density at radius 1 is 1.12 bits per heavy atom. The quantitative estimate of drug-likeness (QED) is 0.916. The minimum absolute atomic E-state index is 0.00276. The summed E-state index contributed by atoms with van der Waals surface area (Å²) in [7, 11) is 1.84. The van der Waals surface area contributed by atoms with E-state index in [1.165, 1.54) is 5.69 Å². The van der Waals surface area contributed by atoms with Gasteiger partial charge < -0.3 is 15.1 Å². The van der Waals surface area contributed by atoms with Crippen LogP contribution in [-0.2, 0) is 6.54 Å². The van der Waals surface area contributed by atoms with Crippen LogP contribution in [0.1, 0.15) is 12.0 Å². The minimum atomic E-state index is -0.00276. The lowest BCUT2D eigenvalue weighted by Gasteiger charge is -2.21. The van der Waals surface area contributed by atoms with E-state index in [-0.39, 0.29) is 6.03 Å². The summed E-state index contributed by atoms with van der Waals surface area (Å²) in [5.74, 6) is 0.513. The van der Waals surface area contributed by atoms with Crippen molar-refractivity contribution < 1.29 is 4.79 Å². The topological polar surface area (TPSA) is 35.6 Å². The molecule has 0 bridgehead atoms. The summed E-state index contributed by atoms with van der Waals surface area (Å²) < 4.78 is 0. The maximum Gasteiger partial charge on any atom is 0.317 e. The van der Waals surface area contributed by atoms with Crippen LogP contribution in [0.5, 0.6) is 0 Å². The molecule has 1 aliphatic rings. The SMILES string of the molecule is CN(Cc1ccccc1)C(=O)NCC1CCN(c2ccccc2)C1. The number of urea groups is 1. The smallest absolute Gasteiger partial charge is 0.317 e. The number of anilines is 1. The van der Waals surface area contributed by atoms with Crippen molar-refractivity contribution >= 4 is 11.7 Å². The van der Waals surface area contributed by atoms with E-state index in [1.54, 1.807) is 4.90 Å². The molecule has 4 nitrogen and oxygen atoms in total. The molecular weight excluding hydrogens is 298 g/mol. The summed E-state index contributed by atoms with van der Waals surface area (Å²) in [6.07, 6.45) is 1.12. The Labute approximate surface area is 144 Å². The Balaban J connectivity index is 1.43. The summed E-state index contributed by atoms with van der Waals surface area (Å²) in [5, 5.41) is 3.08. The number of rotatable bonds is 5. The van der Waals surface area contributed by atoms with Gasteiger partial charge in [-0.25, -0.2) is 4.79 Å². The number of para-hydroxylation sites is 1. The molecule has 126 valence electrons. The maximum atomic E-state index is 12.3. The first-order chi connectivity index (χ1) is 11.7. The number of nitrogens with zero attached hydrogens (tertiary/aromatic N) is 2. The van der Waals surface area contributed by atoms with E-state index in [4.69, 9.17) is 0 Å². The molecular formula is C20H25N3O. The van der Waals surface area contributed by atoms with Crippen molar-refractivity contribution in [3.05, 3.63) is 66.2 Å². The van der Waals surface area contributed by atoms with Gasteiger partial charge in [-0.2, -0.15) is 0 Å². The Kier molecular flexibility index (Phi) is 5.36. The highest BCUT2D eigenvalue weighted by atomic mass is 16.2. The highest BCUT2D eigenvalue weighted by Gasteiger charge is 2.23. The van der Waals surface area contributed by atoms with Crippen molar-refractivity contribution in [3.63, 3.8) is 0 Å². The van der Waals surface area contributed by atoms with Gasteiger partial charge in [0.1, 0.15) is 0 Å². The molecule has 0 aliphatic carbocycles. The molecule has 1 unspecified atom stereocenters. The molecule has 4 heteroatoms. The predicted octanol–water partition coefficient (Wildman–Crippen LogP) is 3.35. The Morgan fingerprint density at radius 2 is 1.79 bits per heavy atom. The fourth-order valence-corrected chi connectivity index (χ4v) is 3.17. The van der Waals surface area contributed by atoms with E-state index < -0.39 is 0 Å². The standard InChI is InChI=1S/C20H25N3O/c1-22(15-17-8-4-2-5-9-17)20(24)21-14-18-12-13-23(16-18)19-10-6-3-7-11-19/h2-11,18H,12-16H2,1H3,(H,21,24). The Morgan fingerprint density at radius 3 is 2.50 bits per heavy atom. The molecule has 1 atom stereocenters. The number of nitrogens with one attached hydrogen (secondary N) is 1. The monoisotopic (exact) mass is 323 g/mol. The first-order valence-electron chi connectivity index (χ1n) is 8.55.